The zero-order chi connectivity index (χ0) is 21.2. The lowest BCUT2D eigenvalue weighted by Gasteiger charge is -2.15. The highest BCUT2D eigenvalue weighted by atomic mass is 32.2. The lowest BCUT2D eigenvalue weighted by Crippen LogP contribution is -2.03. The molecular formula is C25H22N4OS. The Hall–Kier alpha value is -3.51. The van der Waals surface area contributed by atoms with E-state index in [1.54, 1.807) is 0 Å². The van der Waals surface area contributed by atoms with Crippen LogP contribution in [0.4, 0.5) is 11.6 Å². The average molecular weight is 427 g/mol. The molecule has 0 amide bonds. The van der Waals surface area contributed by atoms with Crippen LogP contribution in [0, 0.1) is 13.8 Å². The molecule has 4 aromatic rings. The Kier molecular flexibility index (Phi) is 5.22. The van der Waals surface area contributed by atoms with Crippen molar-refractivity contribution in [1.29, 1.82) is 0 Å². The largest absolute Gasteiger partial charge is 0.439 e. The predicted molar refractivity (Wildman–Crippen MR) is 127 cm³/mol. The molecule has 0 aliphatic carbocycles. The van der Waals surface area contributed by atoms with Crippen molar-refractivity contribution in [2.75, 3.05) is 10.0 Å². The highest BCUT2D eigenvalue weighted by Gasteiger charge is 2.13. The standard InChI is InChI=1S/C25H22N4OS/c1-16-6-3-7-17(2)24(16)22-14-23-28-25(27-22)29-31-21-11-5-9-19(13-21)26-15-18-8-4-10-20(12-18)30-23/h3-14,26H,15H2,1-2H3,(H,27,28,29). The van der Waals surface area contributed by atoms with Crippen LogP contribution in [-0.4, -0.2) is 9.97 Å². The molecule has 1 aliphatic heterocycles. The van der Waals surface area contributed by atoms with Crippen LogP contribution in [-0.2, 0) is 6.54 Å². The zero-order valence-corrected chi connectivity index (χ0v) is 18.2. The maximum absolute atomic E-state index is 6.17. The van der Waals surface area contributed by atoms with Gasteiger partial charge >= 0.3 is 0 Å². The molecule has 6 bridgehead atoms. The Morgan fingerprint density at radius 2 is 1.68 bits per heavy atom. The second-order valence-electron chi connectivity index (χ2n) is 7.52. The van der Waals surface area contributed by atoms with Gasteiger partial charge in [-0.05, 0) is 72.8 Å². The van der Waals surface area contributed by atoms with E-state index >= 15 is 0 Å². The molecule has 5 rings (SSSR count). The maximum atomic E-state index is 6.17. The molecule has 31 heavy (non-hydrogen) atoms. The number of nitrogens with one attached hydrogen (secondary N) is 2. The van der Waals surface area contributed by atoms with E-state index in [0.29, 0.717) is 18.4 Å². The summed E-state index contributed by atoms with van der Waals surface area (Å²) in [6, 6.07) is 24.5. The lowest BCUT2D eigenvalue weighted by atomic mass is 10.00. The van der Waals surface area contributed by atoms with Gasteiger partial charge in [0.05, 0.1) is 5.69 Å². The number of rotatable bonds is 1. The van der Waals surface area contributed by atoms with Gasteiger partial charge in [-0.3, -0.25) is 4.72 Å². The Bertz CT molecular complexity index is 1240. The van der Waals surface area contributed by atoms with Crippen LogP contribution >= 0.6 is 11.9 Å². The lowest BCUT2D eigenvalue weighted by molar-refractivity contribution is 0.462. The first-order valence-corrected chi connectivity index (χ1v) is 10.9. The molecule has 2 heterocycles. The van der Waals surface area contributed by atoms with Gasteiger partial charge in [0.1, 0.15) is 5.75 Å². The summed E-state index contributed by atoms with van der Waals surface area (Å²) in [5.41, 5.74) is 6.46. The quantitative estimate of drug-likeness (QED) is 0.335. The Morgan fingerprint density at radius 1 is 0.871 bits per heavy atom. The summed E-state index contributed by atoms with van der Waals surface area (Å²) in [7, 11) is 0. The number of ether oxygens (including phenoxy) is 1. The third kappa shape index (κ3) is 4.34. The van der Waals surface area contributed by atoms with Crippen molar-refractivity contribution in [1.82, 2.24) is 9.97 Å². The van der Waals surface area contributed by atoms with E-state index in [1.165, 1.54) is 23.1 Å². The molecule has 2 N–H and O–H groups in total. The number of hydrogen-bond donors (Lipinski definition) is 2. The summed E-state index contributed by atoms with van der Waals surface area (Å²) in [5, 5.41) is 3.47. The molecule has 3 aromatic carbocycles. The van der Waals surface area contributed by atoms with Gasteiger partial charge in [-0.2, -0.15) is 4.98 Å². The molecule has 5 nitrogen and oxygen atoms in total. The summed E-state index contributed by atoms with van der Waals surface area (Å²) in [5.74, 6) is 1.76. The van der Waals surface area contributed by atoms with Gasteiger partial charge in [0.15, 0.2) is 0 Å². The highest BCUT2D eigenvalue weighted by molar-refractivity contribution is 8.00. The summed E-state index contributed by atoms with van der Waals surface area (Å²) in [6.45, 7) is 4.91. The number of aromatic nitrogens is 2. The van der Waals surface area contributed by atoms with Crippen LogP contribution < -0.4 is 14.8 Å². The van der Waals surface area contributed by atoms with Gasteiger partial charge in [-0.15, -0.1) is 0 Å². The van der Waals surface area contributed by atoms with E-state index in [0.717, 1.165) is 33.2 Å². The Balaban J connectivity index is 1.62. The minimum atomic E-state index is 0.506. The normalized spacial score (nSPS) is 12.7. The van der Waals surface area contributed by atoms with E-state index in [4.69, 9.17) is 9.72 Å². The van der Waals surface area contributed by atoms with Gasteiger partial charge in [0.2, 0.25) is 11.8 Å². The van der Waals surface area contributed by atoms with Crippen molar-refractivity contribution >= 4 is 23.6 Å². The topological polar surface area (TPSA) is 59.1 Å². The average Bonchev–Trinajstić information content (AvgIpc) is 2.76. The van der Waals surface area contributed by atoms with Gasteiger partial charge in [0.25, 0.3) is 0 Å². The molecule has 0 fully saturated rings. The monoisotopic (exact) mass is 426 g/mol. The fourth-order valence-corrected chi connectivity index (χ4v) is 4.32. The number of aryl methyl sites for hydroxylation is 2. The molecule has 0 radical (unpaired) electrons. The van der Waals surface area contributed by atoms with Crippen molar-refractivity contribution in [3.8, 4) is 22.9 Å². The van der Waals surface area contributed by atoms with Crippen molar-refractivity contribution < 1.29 is 4.74 Å². The number of benzene rings is 3. The minimum absolute atomic E-state index is 0.506. The summed E-state index contributed by atoms with van der Waals surface area (Å²) in [6.07, 6.45) is 0. The van der Waals surface area contributed by atoms with Gasteiger partial charge in [0, 0.05) is 28.8 Å². The zero-order valence-electron chi connectivity index (χ0n) is 17.3. The van der Waals surface area contributed by atoms with Crippen molar-refractivity contribution in [2.45, 2.75) is 25.3 Å². The molecule has 1 aliphatic rings. The first kappa shape index (κ1) is 19.5. The molecule has 0 saturated heterocycles. The van der Waals surface area contributed by atoms with Crippen molar-refractivity contribution in [3.63, 3.8) is 0 Å². The van der Waals surface area contributed by atoms with Crippen molar-refractivity contribution in [2.24, 2.45) is 0 Å². The smallest absolute Gasteiger partial charge is 0.237 e. The molecule has 0 atom stereocenters. The van der Waals surface area contributed by atoms with Crippen LogP contribution in [0.15, 0.2) is 77.7 Å². The fourth-order valence-electron chi connectivity index (χ4n) is 3.69. The molecule has 0 spiro atoms. The number of fused-ring (bicyclic) bond motifs is 6. The maximum Gasteiger partial charge on any atom is 0.237 e. The van der Waals surface area contributed by atoms with Crippen LogP contribution in [0.5, 0.6) is 11.6 Å². The molecular weight excluding hydrogens is 404 g/mol. The van der Waals surface area contributed by atoms with Gasteiger partial charge < -0.3 is 10.1 Å². The number of hydrogen-bond acceptors (Lipinski definition) is 6. The fraction of sp³-hybridized carbons (Fsp3) is 0.120. The minimum Gasteiger partial charge on any atom is -0.439 e. The summed E-state index contributed by atoms with van der Waals surface area (Å²) in [4.78, 5) is 10.5. The predicted octanol–water partition coefficient (Wildman–Crippen LogP) is 6.60. The molecule has 0 saturated carbocycles. The van der Waals surface area contributed by atoms with E-state index in [1.807, 2.05) is 30.3 Å². The number of nitrogens with zero attached hydrogens (tertiary/aromatic N) is 2. The van der Waals surface area contributed by atoms with Gasteiger partial charge in [-0.25, -0.2) is 4.98 Å². The van der Waals surface area contributed by atoms with E-state index in [9.17, 15) is 0 Å². The van der Waals surface area contributed by atoms with E-state index in [2.05, 4.69) is 71.3 Å². The Labute approximate surface area is 186 Å². The molecule has 0 unspecified atom stereocenters. The number of anilines is 2. The SMILES string of the molecule is Cc1cccc(C)c1-c1cc2nc(n1)NSc1cccc(c1)NCc1cccc(c1)O2. The van der Waals surface area contributed by atoms with Crippen LogP contribution in [0.3, 0.4) is 0 Å². The van der Waals surface area contributed by atoms with Crippen LogP contribution in [0.25, 0.3) is 11.3 Å². The second-order valence-corrected chi connectivity index (χ2v) is 8.40. The third-order valence-electron chi connectivity index (χ3n) is 5.15. The highest BCUT2D eigenvalue weighted by Crippen LogP contribution is 2.32. The molecule has 1 aromatic heterocycles. The van der Waals surface area contributed by atoms with Crippen LogP contribution in [0.2, 0.25) is 0 Å². The van der Waals surface area contributed by atoms with Crippen molar-refractivity contribution in [3.05, 3.63) is 89.5 Å². The summed E-state index contributed by atoms with van der Waals surface area (Å²) >= 11 is 1.48. The summed E-state index contributed by atoms with van der Waals surface area (Å²) < 4.78 is 9.46. The first-order valence-electron chi connectivity index (χ1n) is 10.1. The molecule has 6 heteroatoms. The van der Waals surface area contributed by atoms with E-state index in [-0.39, 0.29) is 0 Å². The van der Waals surface area contributed by atoms with Crippen LogP contribution in [0.1, 0.15) is 16.7 Å². The van der Waals surface area contributed by atoms with Gasteiger partial charge in [-0.1, -0.05) is 36.4 Å². The second kappa shape index (κ2) is 8.32. The first-order chi connectivity index (χ1) is 15.1. The molecule has 154 valence electrons. The third-order valence-corrected chi connectivity index (χ3v) is 5.93. The Morgan fingerprint density at radius 3 is 2.55 bits per heavy atom. The van der Waals surface area contributed by atoms with E-state index < -0.39 is 0 Å².